The fourth-order valence-electron chi connectivity index (χ4n) is 2.44. The smallest absolute Gasteiger partial charge is 0.237 e. The lowest BCUT2D eigenvalue weighted by atomic mass is 9.97. The highest BCUT2D eigenvalue weighted by atomic mass is 16.2. The molecule has 1 unspecified atom stereocenters. The number of piperidine rings is 1. The Morgan fingerprint density at radius 2 is 2.06 bits per heavy atom. The Kier molecular flexibility index (Phi) is 6.52. The lowest BCUT2D eigenvalue weighted by molar-refractivity contribution is -0.126. The molecule has 0 spiro atoms. The first-order chi connectivity index (χ1) is 8.19. The van der Waals surface area contributed by atoms with Crippen molar-refractivity contribution in [1.29, 1.82) is 0 Å². The van der Waals surface area contributed by atoms with Gasteiger partial charge in [-0.15, -0.1) is 0 Å². The number of likely N-dealkylation sites (N-methyl/N-ethyl adjacent to an activating group) is 2. The van der Waals surface area contributed by atoms with E-state index < -0.39 is 0 Å². The topological polar surface area (TPSA) is 44.4 Å². The third-order valence-corrected chi connectivity index (χ3v) is 3.64. The van der Waals surface area contributed by atoms with E-state index in [1.165, 1.54) is 12.8 Å². The van der Waals surface area contributed by atoms with Gasteiger partial charge in [-0.2, -0.15) is 0 Å². The van der Waals surface area contributed by atoms with Crippen molar-refractivity contribution in [2.24, 2.45) is 5.92 Å². The van der Waals surface area contributed by atoms with Crippen molar-refractivity contribution in [3.63, 3.8) is 0 Å². The zero-order valence-electron chi connectivity index (χ0n) is 11.5. The van der Waals surface area contributed by atoms with Gasteiger partial charge in [0.2, 0.25) is 5.91 Å². The minimum absolute atomic E-state index is 0.00478. The van der Waals surface area contributed by atoms with Gasteiger partial charge in [-0.05, 0) is 52.2 Å². The van der Waals surface area contributed by atoms with E-state index in [2.05, 4.69) is 22.5 Å². The van der Waals surface area contributed by atoms with Gasteiger partial charge in [0.15, 0.2) is 0 Å². The van der Waals surface area contributed by atoms with Crippen LogP contribution in [0.2, 0.25) is 0 Å². The van der Waals surface area contributed by atoms with Gasteiger partial charge < -0.3 is 10.6 Å². The minimum Gasteiger partial charge on any atom is -0.355 e. The van der Waals surface area contributed by atoms with Crippen LogP contribution < -0.4 is 10.6 Å². The third kappa shape index (κ3) is 4.64. The maximum absolute atomic E-state index is 11.8. The van der Waals surface area contributed by atoms with E-state index in [1.807, 2.05) is 13.8 Å². The Bertz CT molecular complexity index is 227. The van der Waals surface area contributed by atoms with Crippen molar-refractivity contribution in [3.05, 3.63) is 0 Å². The Balaban J connectivity index is 2.42. The second kappa shape index (κ2) is 7.67. The molecule has 0 aromatic heterocycles. The summed E-state index contributed by atoms with van der Waals surface area (Å²) in [7, 11) is 0. The van der Waals surface area contributed by atoms with Crippen LogP contribution >= 0.6 is 0 Å². The van der Waals surface area contributed by atoms with Crippen LogP contribution in [0.1, 0.15) is 33.6 Å². The summed E-state index contributed by atoms with van der Waals surface area (Å²) in [5.41, 5.74) is 0. The fourth-order valence-corrected chi connectivity index (χ4v) is 2.44. The van der Waals surface area contributed by atoms with Crippen molar-refractivity contribution in [2.45, 2.75) is 39.7 Å². The van der Waals surface area contributed by atoms with Crippen LogP contribution in [0.15, 0.2) is 0 Å². The third-order valence-electron chi connectivity index (χ3n) is 3.64. The fraction of sp³-hybridized carbons (Fsp3) is 0.923. The largest absolute Gasteiger partial charge is 0.355 e. The molecular formula is C13H27N3O. The zero-order chi connectivity index (χ0) is 12.7. The molecule has 1 atom stereocenters. The van der Waals surface area contributed by atoms with Gasteiger partial charge in [-0.3, -0.25) is 9.69 Å². The van der Waals surface area contributed by atoms with Gasteiger partial charge in [-0.25, -0.2) is 0 Å². The molecule has 1 aliphatic heterocycles. The van der Waals surface area contributed by atoms with E-state index in [0.29, 0.717) is 6.54 Å². The summed E-state index contributed by atoms with van der Waals surface area (Å²) in [5.74, 6) is 0.899. The molecule has 1 aliphatic rings. The average Bonchev–Trinajstić information content (AvgIpc) is 2.36. The molecule has 0 saturated carbocycles. The quantitative estimate of drug-likeness (QED) is 0.724. The summed E-state index contributed by atoms with van der Waals surface area (Å²) < 4.78 is 0. The van der Waals surface area contributed by atoms with Gasteiger partial charge in [-0.1, -0.05) is 6.92 Å². The van der Waals surface area contributed by atoms with Gasteiger partial charge in [0.25, 0.3) is 0 Å². The Hall–Kier alpha value is -0.610. The molecule has 0 aromatic rings. The monoisotopic (exact) mass is 241 g/mol. The molecule has 4 nitrogen and oxygen atoms in total. The summed E-state index contributed by atoms with van der Waals surface area (Å²) in [4.78, 5) is 14.1. The highest BCUT2D eigenvalue weighted by Crippen LogP contribution is 2.15. The molecule has 1 fully saturated rings. The minimum atomic E-state index is -0.00478. The number of nitrogens with one attached hydrogen (secondary N) is 2. The Labute approximate surface area is 105 Å². The molecule has 0 aliphatic carbocycles. The number of hydrogen-bond donors (Lipinski definition) is 2. The van der Waals surface area contributed by atoms with Crippen molar-refractivity contribution < 1.29 is 4.79 Å². The summed E-state index contributed by atoms with van der Waals surface area (Å²) >= 11 is 0. The standard InChI is InChI=1S/C13H27N3O/c1-4-15-13(17)11(3)16(5-2)10-12-6-8-14-9-7-12/h11-12,14H,4-10H2,1-3H3,(H,15,17). The maximum Gasteiger partial charge on any atom is 0.237 e. The maximum atomic E-state index is 11.8. The Morgan fingerprint density at radius 3 is 2.59 bits per heavy atom. The molecule has 0 aromatic carbocycles. The van der Waals surface area contributed by atoms with Crippen molar-refractivity contribution in [2.75, 3.05) is 32.7 Å². The van der Waals surface area contributed by atoms with Crippen LogP contribution in [0.4, 0.5) is 0 Å². The average molecular weight is 241 g/mol. The predicted octanol–water partition coefficient (Wildman–Crippen LogP) is 0.833. The molecule has 0 radical (unpaired) electrons. The molecule has 4 heteroatoms. The second-order valence-electron chi connectivity index (χ2n) is 4.85. The lowest BCUT2D eigenvalue weighted by Crippen LogP contribution is -2.47. The van der Waals surface area contributed by atoms with Gasteiger partial charge in [0.05, 0.1) is 6.04 Å². The van der Waals surface area contributed by atoms with Gasteiger partial charge in [0, 0.05) is 13.1 Å². The van der Waals surface area contributed by atoms with Crippen LogP contribution in [-0.4, -0.2) is 49.6 Å². The Morgan fingerprint density at radius 1 is 1.41 bits per heavy atom. The molecule has 1 rings (SSSR count). The van der Waals surface area contributed by atoms with Crippen LogP contribution in [0.5, 0.6) is 0 Å². The second-order valence-corrected chi connectivity index (χ2v) is 4.85. The molecule has 2 N–H and O–H groups in total. The van der Waals surface area contributed by atoms with Gasteiger partial charge >= 0.3 is 0 Å². The number of rotatable bonds is 6. The highest BCUT2D eigenvalue weighted by Gasteiger charge is 2.23. The number of carbonyl (C=O) groups is 1. The molecule has 1 saturated heterocycles. The molecule has 100 valence electrons. The SMILES string of the molecule is CCNC(=O)C(C)N(CC)CC1CCNCC1. The zero-order valence-corrected chi connectivity index (χ0v) is 11.5. The van der Waals surface area contributed by atoms with E-state index in [-0.39, 0.29) is 11.9 Å². The van der Waals surface area contributed by atoms with E-state index in [9.17, 15) is 4.79 Å². The molecule has 0 bridgehead atoms. The summed E-state index contributed by atoms with van der Waals surface area (Å²) in [6.45, 7) is 11.1. The van der Waals surface area contributed by atoms with Crippen LogP contribution in [0.3, 0.4) is 0 Å². The van der Waals surface area contributed by atoms with E-state index in [0.717, 1.165) is 32.1 Å². The number of amides is 1. The van der Waals surface area contributed by atoms with E-state index in [1.54, 1.807) is 0 Å². The first-order valence-corrected chi connectivity index (χ1v) is 6.91. The summed E-state index contributed by atoms with van der Waals surface area (Å²) in [6.07, 6.45) is 2.47. The van der Waals surface area contributed by atoms with Crippen molar-refractivity contribution >= 4 is 5.91 Å². The number of hydrogen-bond acceptors (Lipinski definition) is 3. The van der Waals surface area contributed by atoms with Crippen molar-refractivity contribution in [3.8, 4) is 0 Å². The molecule has 1 heterocycles. The van der Waals surface area contributed by atoms with Crippen LogP contribution in [0.25, 0.3) is 0 Å². The summed E-state index contributed by atoms with van der Waals surface area (Å²) in [6, 6.07) is -0.00478. The van der Waals surface area contributed by atoms with Crippen molar-refractivity contribution in [1.82, 2.24) is 15.5 Å². The first kappa shape index (κ1) is 14.5. The predicted molar refractivity (Wildman–Crippen MR) is 71.0 cm³/mol. The molecule has 17 heavy (non-hydrogen) atoms. The first-order valence-electron chi connectivity index (χ1n) is 6.91. The van der Waals surface area contributed by atoms with E-state index >= 15 is 0 Å². The highest BCUT2D eigenvalue weighted by molar-refractivity contribution is 5.81. The number of carbonyl (C=O) groups excluding carboxylic acids is 1. The van der Waals surface area contributed by atoms with Gasteiger partial charge in [0.1, 0.15) is 0 Å². The van der Waals surface area contributed by atoms with Crippen LogP contribution in [0, 0.1) is 5.92 Å². The lowest BCUT2D eigenvalue weighted by Gasteiger charge is -2.32. The molecule has 1 amide bonds. The van der Waals surface area contributed by atoms with Crippen LogP contribution in [-0.2, 0) is 4.79 Å². The molecular weight excluding hydrogens is 214 g/mol. The normalized spacial score (nSPS) is 19.3. The summed E-state index contributed by atoms with van der Waals surface area (Å²) in [5, 5.41) is 6.28. The van der Waals surface area contributed by atoms with E-state index in [4.69, 9.17) is 0 Å². The number of nitrogens with zero attached hydrogens (tertiary/aromatic N) is 1.